The minimum atomic E-state index is -0.303. The summed E-state index contributed by atoms with van der Waals surface area (Å²) in [5.74, 6) is -0.548. The summed E-state index contributed by atoms with van der Waals surface area (Å²) in [6, 6.07) is 6.49. The van der Waals surface area contributed by atoms with E-state index in [-0.39, 0.29) is 17.8 Å². The third kappa shape index (κ3) is 4.83. The number of methoxy groups -OCH3 is 1. The van der Waals surface area contributed by atoms with Crippen molar-refractivity contribution in [2.75, 3.05) is 13.7 Å². The van der Waals surface area contributed by atoms with Crippen LogP contribution in [-0.2, 0) is 9.53 Å². The van der Waals surface area contributed by atoms with Crippen LogP contribution < -0.4 is 5.32 Å². The Labute approximate surface area is 113 Å². The molecule has 104 valence electrons. The number of carbonyl (C=O) groups excluding carboxylic acids is 1. The minimum absolute atomic E-state index is 0.0164. The lowest BCUT2D eigenvalue weighted by Crippen LogP contribution is -2.19. The average Bonchev–Trinajstić information content (AvgIpc) is 2.42. The zero-order chi connectivity index (χ0) is 14.3. The molecule has 0 spiro atoms. The number of ether oxygens (including phenoxy) is 1. The largest absolute Gasteiger partial charge is 0.466 e. The van der Waals surface area contributed by atoms with E-state index in [1.165, 1.54) is 19.2 Å². The zero-order valence-electron chi connectivity index (χ0n) is 11.6. The van der Waals surface area contributed by atoms with Crippen LogP contribution in [0, 0.1) is 5.82 Å². The van der Waals surface area contributed by atoms with Gasteiger partial charge in [-0.2, -0.15) is 0 Å². The van der Waals surface area contributed by atoms with Crippen molar-refractivity contribution in [2.24, 2.45) is 0 Å². The number of nitrogens with one attached hydrogen (secondary N) is 1. The van der Waals surface area contributed by atoms with Gasteiger partial charge in [0, 0.05) is 18.2 Å². The van der Waals surface area contributed by atoms with Crippen molar-refractivity contribution in [3.63, 3.8) is 0 Å². The Hall–Kier alpha value is -1.68. The van der Waals surface area contributed by atoms with Gasteiger partial charge in [-0.25, -0.2) is 9.18 Å². The lowest BCUT2D eigenvalue weighted by atomic mass is 10.1. The molecule has 19 heavy (non-hydrogen) atoms. The van der Waals surface area contributed by atoms with Crippen LogP contribution in [0.5, 0.6) is 0 Å². The molecule has 1 rings (SSSR count). The highest BCUT2D eigenvalue weighted by Gasteiger charge is 2.08. The van der Waals surface area contributed by atoms with Gasteiger partial charge in [0.1, 0.15) is 5.82 Å². The first-order valence-corrected chi connectivity index (χ1v) is 6.34. The topological polar surface area (TPSA) is 38.3 Å². The standard InChI is InChI=1S/C15H20FNO2/c1-4-12(15(18)19-3)8-9-17-11(2)13-6-5-7-14(16)10-13/h5-8,10-11,17H,4,9H2,1-3H3/b12-8-/t11-/m0/s1. The second-order valence-corrected chi connectivity index (χ2v) is 4.26. The maximum atomic E-state index is 13.1. The van der Waals surface area contributed by atoms with E-state index in [4.69, 9.17) is 0 Å². The Morgan fingerprint density at radius 3 is 2.84 bits per heavy atom. The van der Waals surface area contributed by atoms with Crippen molar-refractivity contribution in [2.45, 2.75) is 26.3 Å². The summed E-state index contributed by atoms with van der Waals surface area (Å²) >= 11 is 0. The predicted molar refractivity (Wildman–Crippen MR) is 73.2 cm³/mol. The molecule has 0 saturated heterocycles. The SMILES string of the molecule is CC/C(=C/CN[C@@H](C)c1cccc(F)c1)C(=O)OC. The van der Waals surface area contributed by atoms with Gasteiger partial charge in [0.2, 0.25) is 0 Å². The molecule has 0 aromatic heterocycles. The molecule has 0 amide bonds. The summed E-state index contributed by atoms with van der Waals surface area (Å²) in [7, 11) is 1.37. The Morgan fingerprint density at radius 2 is 2.26 bits per heavy atom. The average molecular weight is 265 g/mol. The van der Waals surface area contributed by atoms with Gasteiger partial charge in [0.15, 0.2) is 0 Å². The van der Waals surface area contributed by atoms with E-state index in [1.807, 2.05) is 26.0 Å². The van der Waals surface area contributed by atoms with Crippen LogP contribution in [0.4, 0.5) is 4.39 Å². The van der Waals surface area contributed by atoms with Crippen molar-refractivity contribution in [1.82, 2.24) is 5.32 Å². The molecule has 0 aliphatic carbocycles. The first kappa shape index (κ1) is 15.4. The van der Waals surface area contributed by atoms with Gasteiger partial charge in [0.05, 0.1) is 7.11 Å². The third-order valence-electron chi connectivity index (χ3n) is 2.95. The lowest BCUT2D eigenvalue weighted by Gasteiger charge is -2.13. The fourth-order valence-electron chi connectivity index (χ4n) is 1.76. The molecule has 0 fully saturated rings. The van der Waals surface area contributed by atoms with Gasteiger partial charge >= 0.3 is 5.97 Å². The second kappa shape index (κ2) is 7.69. The fourth-order valence-corrected chi connectivity index (χ4v) is 1.76. The van der Waals surface area contributed by atoms with Crippen molar-refractivity contribution < 1.29 is 13.9 Å². The van der Waals surface area contributed by atoms with Gasteiger partial charge < -0.3 is 10.1 Å². The normalized spacial score (nSPS) is 13.2. The van der Waals surface area contributed by atoms with E-state index < -0.39 is 0 Å². The number of halogens is 1. The second-order valence-electron chi connectivity index (χ2n) is 4.26. The van der Waals surface area contributed by atoms with E-state index >= 15 is 0 Å². The first-order chi connectivity index (χ1) is 9.08. The maximum absolute atomic E-state index is 13.1. The molecule has 0 heterocycles. The molecular formula is C15H20FNO2. The number of rotatable bonds is 6. The number of carbonyl (C=O) groups is 1. The van der Waals surface area contributed by atoms with Gasteiger partial charge in [0.25, 0.3) is 0 Å². The van der Waals surface area contributed by atoms with E-state index in [1.54, 1.807) is 6.07 Å². The van der Waals surface area contributed by atoms with Crippen molar-refractivity contribution >= 4 is 5.97 Å². The molecule has 0 aliphatic heterocycles. The molecular weight excluding hydrogens is 245 g/mol. The van der Waals surface area contributed by atoms with Gasteiger partial charge in [-0.05, 0) is 31.0 Å². The molecule has 0 aliphatic rings. The molecule has 0 saturated carbocycles. The Balaban J connectivity index is 2.57. The predicted octanol–water partition coefficient (Wildman–Crippen LogP) is 2.99. The highest BCUT2D eigenvalue weighted by Crippen LogP contribution is 2.13. The van der Waals surface area contributed by atoms with Crippen molar-refractivity contribution in [3.05, 3.63) is 47.3 Å². The van der Waals surface area contributed by atoms with Crippen LogP contribution >= 0.6 is 0 Å². The summed E-state index contributed by atoms with van der Waals surface area (Å²) in [4.78, 5) is 11.4. The monoisotopic (exact) mass is 265 g/mol. The molecule has 0 unspecified atom stereocenters. The third-order valence-corrected chi connectivity index (χ3v) is 2.95. The van der Waals surface area contributed by atoms with Gasteiger partial charge in [-0.3, -0.25) is 0 Å². The van der Waals surface area contributed by atoms with Crippen LogP contribution in [-0.4, -0.2) is 19.6 Å². The fraction of sp³-hybridized carbons (Fsp3) is 0.400. The van der Waals surface area contributed by atoms with Crippen LogP contribution in [0.15, 0.2) is 35.9 Å². The molecule has 3 nitrogen and oxygen atoms in total. The molecule has 1 N–H and O–H groups in total. The van der Waals surface area contributed by atoms with E-state index in [9.17, 15) is 9.18 Å². The zero-order valence-corrected chi connectivity index (χ0v) is 11.6. The number of hydrogen-bond donors (Lipinski definition) is 1. The summed E-state index contributed by atoms with van der Waals surface area (Å²) in [5, 5.41) is 3.22. The molecule has 1 atom stereocenters. The van der Waals surface area contributed by atoms with E-state index in [0.717, 1.165) is 5.56 Å². The summed E-state index contributed by atoms with van der Waals surface area (Å²) in [6.07, 6.45) is 2.43. The van der Waals surface area contributed by atoms with E-state index in [0.29, 0.717) is 18.5 Å². The molecule has 0 radical (unpaired) electrons. The quantitative estimate of drug-likeness (QED) is 0.635. The highest BCUT2D eigenvalue weighted by atomic mass is 19.1. The van der Waals surface area contributed by atoms with Crippen LogP contribution in [0.2, 0.25) is 0 Å². The smallest absolute Gasteiger partial charge is 0.333 e. The van der Waals surface area contributed by atoms with Crippen molar-refractivity contribution in [1.29, 1.82) is 0 Å². The first-order valence-electron chi connectivity index (χ1n) is 6.34. The van der Waals surface area contributed by atoms with E-state index in [2.05, 4.69) is 10.1 Å². The molecule has 1 aromatic carbocycles. The number of esters is 1. The highest BCUT2D eigenvalue weighted by molar-refractivity contribution is 5.88. The summed E-state index contributed by atoms with van der Waals surface area (Å²) in [5.41, 5.74) is 1.52. The Morgan fingerprint density at radius 1 is 1.53 bits per heavy atom. The van der Waals surface area contributed by atoms with Gasteiger partial charge in [-0.1, -0.05) is 25.1 Å². The molecule has 4 heteroatoms. The molecule has 0 bridgehead atoms. The number of benzene rings is 1. The molecule has 1 aromatic rings. The van der Waals surface area contributed by atoms with Gasteiger partial charge in [-0.15, -0.1) is 0 Å². The van der Waals surface area contributed by atoms with Crippen molar-refractivity contribution in [3.8, 4) is 0 Å². The summed E-state index contributed by atoms with van der Waals surface area (Å²) < 4.78 is 17.8. The van der Waals surface area contributed by atoms with Crippen LogP contribution in [0.1, 0.15) is 31.9 Å². The lowest BCUT2D eigenvalue weighted by molar-refractivity contribution is -0.136. The Bertz CT molecular complexity index is 457. The minimum Gasteiger partial charge on any atom is -0.466 e. The Kier molecular flexibility index (Phi) is 6.22. The maximum Gasteiger partial charge on any atom is 0.333 e. The van der Waals surface area contributed by atoms with Crippen LogP contribution in [0.3, 0.4) is 0 Å². The van der Waals surface area contributed by atoms with Crippen LogP contribution in [0.25, 0.3) is 0 Å². The summed E-state index contributed by atoms with van der Waals surface area (Å²) in [6.45, 7) is 4.39. The number of hydrogen-bond acceptors (Lipinski definition) is 3.